The van der Waals surface area contributed by atoms with Crippen LogP contribution in [0.4, 0.5) is 5.69 Å². The molecule has 0 atom stereocenters. The van der Waals surface area contributed by atoms with Crippen molar-refractivity contribution < 1.29 is 8.42 Å². The molecule has 0 bridgehead atoms. The zero-order valence-corrected chi connectivity index (χ0v) is 14.0. The first-order valence-corrected chi connectivity index (χ1v) is 9.26. The van der Waals surface area contributed by atoms with E-state index < -0.39 is 9.84 Å². The Balaban J connectivity index is 2.94. The standard InChI is InChI=1S/C15H24ClNO2S/c1-4-12-20(18,19)15-8-6-14(7-9-15)17(13(2)3)11-5-10-16/h6-9,13H,4-5,10-12H2,1-3H3. The molecule has 0 aliphatic carbocycles. The summed E-state index contributed by atoms with van der Waals surface area (Å²) in [4.78, 5) is 2.64. The largest absolute Gasteiger partial charge is 0.369 e. The molecule has 1 aromatic carbocycles. The summed E-state index contributed by atoms with van der Waals surface area (Å²) >= 11 is 5.75. The average molecular weight is 318 g/mol. The van der Waals surface area contributed by atoms with Gasteiger partial charge in [-0.25, -0.2) is 8.42 Å². The molecule has 0 amide bonds. The Bertz CT molecular complexity index is 497. The summed E-state index contributed by atoms with van der Waals surface area (Å²) in [6.45, 7) is 6.99. The molecule has 1 aromatic rings. The molecule has 0 saturated carbocycles. The van der Waals surface area contributed by atoms with Crippen LogP contribution in [0.2, 0.25) is 0 Å². The fourth-order valence-electron chi connectivity index (χ4n) is 2.15. The van der Waals surface area contributed by atoms with Crippen molar-refractivity contribution in [1.29, 1.82) is 0 Å². The molecule has 20 heavy (non-hydrogen) atoms. The zero-order chi connectivity index (χ0) is 15.2. The Morgan fingerprint density at radius 2 is 1.80 bits per heavy atom. The predicted molar refractivity (Wildman–Crippen MR) is 86.6 cm³/mol. The summed E-state index contributed by atoms with van der Waals surface area (Å²) in [5, 5.41) is 0. The molecule has 0 heterocycles. The summed E-state index contributed by atoms with van der Waals surface area (Å²) in [6, 6.07) is 7.54. The lowest BCUT2D eigenvalue weighted by atomic mass is 10.2. The van der Waals surface area contributed by atoms with Crippen molar-refractivity contribution in [3.63, 3.8) is 0 Å². The summed E-state index contributed by atoms with van der Waals surface area (Å²) in [7, 11) is -3.13. The zero-order valence-electron chi connectivity index (χ0n) is 12.5. The Kier molecular flexibility index (Phi) is 6.83. The number of alkyl halides is 1. The summed E-state index contributed by atoms with van der Waals surface area (Å²) in [6.07, 6.45) is 1.55. The van der Waals surface area contributed by atoms with Gasteiger partial charge in [0, 0.05) is 24.2 Å². The van der Waals surface area contributed by atoms with E-state index in [-0.39, 0.29) is 5.75 Å². The molecule has 0 aliphatic rings. The van der Waals surface area contributed by atoms with Crippen molar-refractivity contribution in [3.8, 4) is 0 Å². The van der Waals surface area contributed by atoms with Crippen LogP contribution in [-0.4, -0.2) is 32.6 Å². The molecule has 114 valence electrons. The number of hydrogen-bond acceptors (Lipinski definition) is 3. The van der Waals surface area contributed by atoms with Gasteiger partial charge in [0.1, 0.15) is 0 Å². The maximum Gasteiger partial charge on any atom is 0.178 e. The van der Waals surface area contributed by atoms with Crippen LogP contribution in [0.5, 0.6) is 0 Å². The number of anilines is 1. The maximum atomic E-state index is 12.0. The predicted octanol–water partition coefficient (Wildman–Crippen LogP) is 3.71. The monoisotopic (exact) mass is 317 g/mol. The smallest absolute Gasteiger partial charge is 0.178 e. The quantitative estimate of drug-likeness (QED) is 0.686. The van der Waals surface area contributed by atoms with Crippen LogP contribution in [0.25, 0.3) is 0 Å². The molecule has 0 aliphatic heterocycles. The fraction of sp³-hybridized carbons (Fsp3) is 0.600. The van der Waals surface area contributed by atoms with E-state index in [0.29, 0.717) is 23.2 Å². The third kappa shape index (κ3) is 4.67. The summed E-state index contributed by atoms with van der Waals surface area (Å²) < 4.78 is 24.0. The van der Waals surface area contributed by atoms with Gasteiger partial charge in [-0.05, 0) is 51.0 Å². The van der Waals surface area contributed by atoms with Gasteiger partial charge in [0.25, 0.3) is 0 Å². The van der Waals surface area contributed by atoms with Crippen LogP contribution in [0.1, 0.15) is 33.6 Å². The first-order valence-electron chi connectivity index (χ1n) is 7.07. The van der Waals surface area contributed by atoms with E-state index in [1.165, 1.54) is 0 Å². The second kappa shape index (κ2) is 7.89. The molecule has 3 nitrogen and oxygen atoms in total. The van der Waals surface area contributed by atoms with Crippen molar-refractivity contribution in [3.05, 3.63) is 24.3 Å². The minimum Gasteiger partial charge on any atom is -0.369 e. The number of rotatable bonds is 8. The van der Waals surface area contributed by atoms with Crippen molar-refractivity contribution >= 4 is 27.1 Å². The molecule has 0 radical (unpaired) electrons. The highest BCUT2D eigenvalue weighted by Crippen LogP contribution is 2.21. The van der Waals surface area contributed by atoms with E-state index in [0.717, 1.165) is 18.7 Å². The first kappa shape index (κ1) is 17.3. The molecule has 0 unspecified atom stereocenters. The van der Waals surface area contributed by atoms with E-state index >= 15 is 0 Å². The van der Waals surface area contributed by atoms with Crippen LogP contribution in [0, 0.1) is 0 Å². The van der Waals surface area contributed by atoms with E-state index in [9.17, 15) is 8.42 Å². The average Bonchev–Trinajstić information content (AvgIpc) is 2.39. The number of benzene rings is 1. The van der Waals surface area contributed by atoms with Gasteiger partial charge in [-0.2, -0.15) is 0 Å². The highest BCUT2D eigenvalue weighted by atomic mass is 35.5. The van der Waals surface area contributed by atoms with Gasteiger partial charge in [-0.15, -0.1) is 11.6 Å². The van der Waals surface area contributed by atoms with Gasteiger partial charge >= 0.3 is 0 Å². The van der Waals surface area contributed by atoms with Crippen LogP contribution >= 0.6 is 11.6 Å². The molecule has 0 N–H and O–H groups in total. The number of nitrogens with zero attached hydrogens (tertiary/aromatic N) is 1. The number of sulfone groups is 1. The second-order valence-corrected chi connectivity index (χ2v) is 7.63. The lowest BCUT2D eigenvalue weighted by Gasteiger charge is -2.29. The first-order chi connectivity index (χ1) is 9.42. The molecule has 0 saturated heterocycles. The lowest BCUT2D eigenvalue weighted by Crippen LogP contribution is -2.31. The van der Waals surface area contributed by atoms with E-state index in [1.807, 2.05) is 19.1 Å². The van der Waals surface area contributed by atoms with Crippen molar-refractivity contribution in [1.82, 2.24) is 0 Å². The molecule has 1 rings (SSSR count). The third-order valence-electron chi connectivity index (χ3n) is 3.16. The van der Waals surface area contributed by atoms with Crippen LogP contribution in [0.3, 0.4) is 0 Å². The van der Waals surface area contributed by atoms with Gasteiger partial charge in [-0.1, -0.05) is 6.92 Å². The van der Waals surface area contributed by atoms with Gasteiger partial charge in [0.05, 0.1) is 10.6 Å². The van der Waals surface area contributed by atoms with Crippen molar-refractivity contribution in [2.45, 2.75) is 44.6 Å². The van der Waals surface area contributed by atoms with Crippen LogP contribution < -0.4 is 4.90 Å². The summed E-state index contributed by atoms with van der Waals surface area (Å²) in [5.74, 6) is 0.832. The molecule has 0 fully saturated rings. The number of halogens is 1. The molecule has 0 spiro atoms. The normalized spacial score (nSPS) is 11.8. The van der Waals surface area contributed by atoms with E-state index in [1.54, 1.807) is 12.1 Å². The summed E-state index contributed by atoms with van der Waals surface area (Å²) in [5.41, 5.74) is 1.04. The molecule has 5 heteroatoms. The minimum absolute atomic E-state index is 0.201. The highest BCUT2D eigenvalue weighted by molar-refractivity contribution is 7.91. The Morgan fingerprint density at radius 1 is 1.20 bits per heavy atom. The van der Waals surface area contributed by atoms with Crippen LogP contribution in [-0.2, 0) is 9.84 Å². The van der Waals surface area contributed by atoms with Gasteiger partial charge < -0.3 is 4.90 Å². The van der Waals surface area contributed by atoms with E-state index in [2.05, 4.69) is 18.7 Å². The van der Waals surface area contributed by atoms with Gasteiger partial charge in [-0.3, -0.25) is 0 Å². The Morgan fingerprint density at radius 3 is 2.25 bits per heavy atom. The molecular formula is C15H24ClNO2S. The lowest BCUT2D eigenvalue weighted by molar-refractivity contribution is 0.594. The van der Waals surface area contributed by atoms with Gasteiger partial charge in [0.15, 0.2) is 9.84 Å². The topological polar surface area (TPSA) is 37.4 Å². The number of hydrogen-bond donors (Lipinski definition) is 0. The van der Waals surface area contributed by atoms with Crippen molar-refractivity contribution in [2.75, 3.05) is 23.1 Å². The van der Waals surface area contributed by atoms with Crippen molar-refractivity contribution in [2.24, 2.45) is 0 Å². The Hall–Kier alpha value is -0.740. The third-order valence-corrected chi connectivity index (χ3v) is 5.36. The SMILES string of the molecule is CCCS(=O)(=O)c1ccc(N(CCCCl)C(C)C)cc1. The van der Waals surface area contributed by atoms with Crippen LogP contribution in [0.15, 0.2) is 29.2 Å². The molecule has 0 aromatic heterocycles. The van der Waals surface area contributed by atoms with E-state index in [4.69, 9.17) is 11.6 Å². The molecular weight excluding hydrogens is 294 g/mol. The fourth-order valence-corrected chi connectivity index (χ4v) is 3.59. The maximum absolute atomic E-state index is 12.0. The second-order valence-electron chi connectivity index (χ2n) is 5.14. The Labute approximate surface area is 127 Å². The highest BCUT2D eigenvalue weighted by Gasteiger charge is 2.15. The minimum atomic E-state index is -3.13. The van der Waals surface area contributed by atoms with Gasteiger partial charge in [0.2, 0.25) is 0 Å².